The summed E-state index contributed by atoms with van der Waals surface area (Å²) in [7, 11) is 0. The topological polar surface area (TPSA) is 71.9 Å². The second-order valence-corrected chi connectivity index (χ2v) is 7.57. The van der Waals surface area contributed by atoms with E-state index in [2.05, 4.69) is 20.1 Å². The third kappa shape index (κ3) is 4.83. The molecule has 2 fully saturated rings. The van der Waals surface area contributed by atoms with Crippen LogP contribution in [0.3, 0.4) is 0 Å². The normalized spacial score (nSPS) is 19.3. The Morgan fingerprint density at radius 1 is 1.20 bits per heavy atom. The number of aromatic nitrogens is 1. The molecule has 0 radical (unpaired) electrons. The monoisotopic (exact) mass is 347 g/mol. The van der Waals surface area contributed by atoms with Crippen LogP contribution in [0.4, 0.5) is 16.3 Å². The fourth-order valence-corrected chi connectivity index (χ4v) is 3.53. The number of hydrogen-bond donors (Lipinski definition) is 2. The zero-order valence-electron chi connectivity index (χ0n) is 15.2. The summed E-state index contributed by atoms with van der Waals surface area (Å²) in [6.45, 7) is 9.15. The molecule has 2 aliphatic rings. The number of aliphatic hydroxyl groups is 1. The third-order valence-corrected chi connectivity index (χ3v) is 4.70. The van der Waals surface area contributed by atoms with Crippen molar-refractivity contribution in [3.8, 4) is 0 Å². The lowest BCUT2D eigenvalue weighted by Gasteiger charge is -2.37. The first-order chi connectivity index (χ1) is 11.9. The van der Waals surface area contributed by atoms with Crippen LogP contribution in [0, 0.1) is 0 Å². The molecule has 0 unspecified atom stereocenters. The summed E-state index contributed by atoms with van der Waals surface area (Å²) in [5, 5.41) is 13.0. The van der Waals surface area contributed by atoms with Crippen LogP contribution in [-0.2, 0) is 0 Å². The van der Waals surface area contributed by atoms with E-state index in [-0.39, 0.29) is 6.03 Å². The van der Waals surface area contributed by atoms with Crippen molar-refractivity contribution in [1.29, 1.82) is 0 Å². The highest BCUT2D eigenvalue weighted by molar-refractivity contribution is 5.92. The Bertz CT molecular complexity index is 587. The van der Waals surface area contributed by atoms with Crippen LogP contribution in [0.5, 0.6) is 0 Å². The molecule has 0 spiro atoms. The first kappa shape index (κ1) is 17.9. The minimum absolute atomic E-state index is 0.0728. The number of pyridine rings is 1. The molecule has 0 saturated carbocycles. The zero-order valence-corrected chi connectivity index (χ0v) is 15.2. The Hall–Kier alpha value is -1.86. The van der Waals surface area contributed by atoms with E-state index in [4.69, 9.17) is 0 Å². The minimum Gasteiger partial charge on any atom is -0.389 e. The van der Waals surface area contributed by atoms with Crippen LogP contribution in [0.2, 0.25) is 0 Å². The van der Waals surface area contributed by atoms with E-state index in [0.29, 0.717) is 19.6 Å². The summed E-state index contributed by atoms with van der Waals surface area (Å²) < 4.78 is 0. The van der Waals surface area contributed by atoms with Crippen molar-refractivity contribution in [2.24, 2.45) is 0 Å². The van der Waals surface area contributed by atoms with Crippen LogP contribution >= 0.6 is 0 Å². The molecule has 7 heteroatoms. The molecule has 0 aliphatic carbocycles. The van der Waals surface area contributed by atoms with Crippen LogP contribution in [0.1, 0.15) is 26.7 Å². The van der Waals surface area contributed by atoms with Gasteiger partial charge in [0.25, 0.3) is 0 Å². The molecule has 7 nitrogen and oxygen atoms in total. The lowest BCUT2D eigenvalue weighted by molar-refractivity contribution is 0.0231. The first-order valence-electron chi connectivity index (χ1n) is 9.13. The van der Waals surface area contributed by atoms with Crippen LogP contribution in [0.25, 0.3) is 0 Å². The summed E-state index contributed by atoms with van der Waals surface area (Å²) >= 11 is 0. The fraction of sp³-hybridized carbons (Fsp3) is 0.667. The van der Waals surface area contributed by atoms with Gasteiger partial charge in [-0.1, -0.05) is 0 Å². The maximum absolute atomic E-state index is 12.6. The molecule has 138 valence electrons. The first-order valence-corrected chi connectivity index (χ1v) is 9.13. The second kappa shape index (κ2) is 7.58. The number of carbonyl (C=O) groups excluding carboxylic acids is 1. The number of β-amino-alcohol motifs (C(OH)–C–C–N with tert-alkyl or cyclic N) is 1. The number of nitrogens with zero attached hydrogens (tertiary/aromatic N) is 4. The molecular weight excluding hydrogens is 318 g/mol. The number of hydrogen-bond acceptors (Lipinski definition) is 5. The molecule has 3 heterocycles. The van der Waals surface area contributed by atoms with Crippen molar-refractivity contribution in [2.75, 3.05) is 56.0 Å². The third-order valence-electron chi connectivity index (χ3n) is 4.70. The number of amides is 2. The number of anilines is 2. The number of rotatable bonds is 4. The van der Waals surface area contributed by atoms with Crippen molar-refractivity contribution in [3.05, 3.63) is 18.3 Å². The SMILES string of the molecule is CC(C)(O)CN1CCN(C(=O)Nc2cccnc2N2CCCC2)CC1. The van der Waals surface area contributed by atoms with Gasteiger partial charge >= 0.3 is 6.03 Å². The molecule has 1 aromatic rings. The Morgan fingerprint density at radius 2 is 1.88 bits per heavy atom. The molecule has 2 saturated heterocycles. The largest absolute Gasteiger partial charge is 0.389 e. The van der Waals surface area contributed by atoms with E-state index in [1.807, 2.05) is 30.9 Å². The van der Waals surface area contributed by atoms with Gasteiger partial charge in [-0.15, -0.1) is 0 Å². The molecule has 0 bridgehead atoms. The minimum atomic E-state index is -0.704. The second-order valence-electron chi connectivity index (χ2n) is 7.57. The molecule has 1 aromatic heterocycles. The maximum atomic E-state index is 12.6. The summed E-state index contributed by atoms with van der Waals surface area (Å²) in [4.78, 5) is 23.4. The summed E-state index contributed by atoms with van der Waals surface area (Å²) in [5.41, 5.74) is 0.0819. The van der Waals surface area contributed by atoms with Gasteiger partial charge in [-0.3, -0.25) is 4.90 Å². The van der Waals surface area contributed by atoms with Crippen molar-refractivity contribution in [1.82, 2.24) is 14.8 Å². The summed E-state index contributed by atoms with van der Waals surface area (Å²) in [6, 6.07) is 3.70. The van der Waals surface area contributed by atoms with Crippen molar-refractivity contribution in [2.45, 2.75) is 32.3 Å². The smallest absolute Gasteiger partial charge is 0.322 e. The molecule has 3 rings (SSSR count). The molecule has 0 aromatic carbocycles. The Morgan fingerprint density at radius 3 is 2.52 bits per heavy atom. The predicted molar refractivity (Wildman–Crippen MR) is 99.0 cm³/mol. The Balaban J connectivity index is 1.57. The Labute approximate surface area is 149 Å². The number of urea groups is 1. The zero-order chi connectivity index (χ0) is 17.9. The maximum Gasteiger partial charge on any atom is 0.322 e. The van der Waals surface area contributed by atoms with Crippen LogP contribution in [-0.4, -0.2) is 77.3 Å². The van der Waals surface area contributed by atoms with Gasteiger partial charge in [-0.25, -0.2) is 9.78 Å². The summed E-state index contributed by atoms with van der Waals surface area (Å²) in [6.07, 6.45) is 4.12. The van der Waals surface area contributed by atoms with Gasteiger partial charge in [0, 0.05) is 52.0 Å². The van der Waals surface area contributed by atoms with Gasteiger partial charge in [-0.05, 0) is 38.8 Å². The van der Waals surface area contributed by atoms with E-state index in [0.717, 1.165) is 37.7 Å². The highest BCUT2D eigenvalue weighted by Gasteiger charge is 2.26. The lowest BCUT2D eigenvalue weighted by atomic mass is 10.1. The molecule has 2 N–H and O–H groups in total. The van der Waals surface area contributed by atoms with Crippen LogP contribution < -0.4 is 10.2 Å². The van der Waals surface area contributed by atoms with E-state index >= 15 is 0 Å². The van der Waals surface area contributed by atoms with Gasteiger partial charge in [-0.2, -0.15) is 0 Å². The van der Waals surface area contributed by atoms with Gasteiger partial charge in [0.15, 0.2) is 5.82 Å². The van der Waals surface area contributed by atoms with Crippen molar-refractivity contribution >= 4 is 17.5 Å². The number of piperazine rings is 1. The Kier molecular flexibility index (Phi) is 5.44. The van der Waals surface area contributed by atoms with Gasteiger partial charge in [0.2, 0.25) is 0 Å². The van der Waals surface area contributed by atoms with Gasteiger partial charge in [0.1, 0.15) is 0 Å². The molecular formula is C18H29N5O2. The van der Waals surface area contributed by atoms with Crippen molar-refractivity contribution in [3.63, 3.8) is 0 Å². The average Bonchev–Trinajstić information content (AvgIpc) is 3.09. The predicted octanol–water partition coefficient (Wildman–Crippen LogP) is 1.60. The van der Waals surface area contributed by atoms with Gasteiger partial charge in [0.05, 0.1) is 11.3 Å². The molecule has 2 amide bonds. The summed E-state index contributed by atoms with van der Waals surface area (Å²) in [5.74, 6) is 0.869. The van der Waals surface area contributed by atoms with Crippen molar-refractivity contribution < 1.29 is 9.90 Å². The van der Waals surface area contributed by atoms with E-state index in [9.17, 15) is 9.90 Å². The van der Waals surface area contributed by atoms with E-state index in [1.165, 1.54) is 12.8 Å². The average molecular weight is 347 g/mol. The lowest BCUT2D eigenvalue weighted by Crippen LogP contribution is -2.52. The highest BCUT2D eigenvalue weighted by Crippen LogP contribution is 2.26. The molecule has 25 heavy (non-hydrogen) atoms. The fourth-order valence-electron chi connectivity index (χ4n) is 3.53. The standard InChI is InChI=1S/C18H29N5O2/c1-18(2,25)14-21-10-12-23(13-11-21)17(24)20-15-6-5-7-19-16(15)22-8-3-4-9-22/h5-7,25H,3-4,8-14H2,1-2H3,(H,20,24). The van der Waals surface area contributed by atoms with Crippen LogP contribution in [0.15, 0.2) is 18.3 Å². The number of nitrogens with one attached hydrogen (secondary N) is 1. The van der Waals surface area contributed by atoms with E-state index < -0.39 is 5.60 Å². The molecule has 0 atom stereocenters. The molecule has 2 aliphatic heterocycles. The highest BCUT2D eigenvalue weighted by atomic mass is 16.3. The number of carbonyl (C=O) groups is 1. The van der Waals surface area contributed by atoms with Gasteiger partial charge < -0.3 is 20.2 Å². The quantitative estimate of drug-likeness (QED) is 0.866. The van der Waals surface area contributed by atoms with E-state index in [1.54, 1.807) is 6.20 Å².